The largest absolute Gasteiger partial charge is 0.340 e. The number of nitrogens with one attached hydrogen (secondary N) is 1. The zero-order chi connectivity index (χ0) is 15.4. The Labute approximate surface area is 124 Å². The fourth-order valence-corrected chi connectivity index (χ4v) is 2.38. The zero-order valence-corrected chi connectivity index (χ0v) is 13.3. The normalized spacial score (nSPS) is 15.8. The smallest absolute Gasteiger partial charge is 0.227 e. The molecule has 1 heterocycles. The Morgan fingerprint density at radius 2 is 1.90 bits per heavy atom. The van der Waals surface area contributed by atoms with Crippen molar-refractivity contribution in [3.63, 3.8) is 0 Å². The maximum Gasteiger partial charge on any atom is 0.227 e. The van der Waals surface area contributed by atoms with E-state index in [1.54, 1.807) is 12.2 Å². The Hall–Kier alpha value is -1.35. The number of carbonyl (C=O) groups excluding carboxylic acids is 1. The van der Waals surface area contributed by atoms with Gasteiger partial charge in [0.2, 0.25) is 5.91 Å². The minimum Gasteiger partial charge on any atom is -0.340 e. The lowest BCUT2D eigenvalue weighted by atomic mass is 10.0. The predicted octanol–water partition coefficient (Wildman–Crippen LogP) is 3.30. The Bertz CT molecular complexity index is 328. The summed E-state index contributed by atoms with van der Waals surface area (Å²) in [6.45, 7) is 16.2. The van der Waals surface area contributed by atoms with Crippen molar-refractivity contribution in [2.45, 2.75) is 46.1 Å². The van der Waals surface area contributed by atoms with Crippen LogP contribution >= 0.6 is 0 Å². The van der Waals surface area contributed by atoms with Crippen LogP contribution in [-0.2, 0) is 4.79 Å². The highest BCUT2D eigenvalue weighted by Gasteiger charge is 2.23. The molecule has 1 N–H and O–H groups in total. The highest BCUT2D eigenvalue weighted by atomic mass is 16.2. The number of hydrogen-bond acceptors (Lipinski definition) is 2. The molecule has 3 heteroatoms. The van der Waals surface area contributed by atoms with Crippen LogP contribution in [0.25, 0.3) is 0 Å². The van der Waals surface area contributed by atoms with Gasteiger partial charge in [-0.3, -0.25) is 4.79 Å². The van der Waals surface area contributed by atoms with Crippen LogP contribution < -0.4 is 5.32 Å². The van der Waals surface area contributed by atoms with Gasteiger partial charge < -0.3 is 10.2 Å². The van der Waals surface area contributed by atoms with Gasteiger partial charge in [0.1, 0.15) is 0 Å². The first-order valence-corrected chi connectivity index (χ1v) is 7.67. The molecule has 0 bridgehead atoms. The molecule has 0 aromatic carbocycles. The van der Waals surface area contributed by atoms with Crippen molar-refractivity contribution in [3.8, 4) is 0 Å². The van der Waals surface area contributed by atoms with Gasteiger partial charge in [0.15, 0.2) is 0 Å². The van der Waals surface area contributed by atoms with Crippen molar-refractivity contribution in [2.24, 2.45) is 0 Å². The molecule has 0 saturated carbocycles. The lowest BCUT2D eigenvalue weighted by Gasteiger charge is -2.34. The molecule has 1 saturated heterocycles. The number of allylic oxidation sites excluding steroid dienone is 3. The summed E-state index contributed by atoms with van der Waals surface area (Å²) >= 11 is 0. The molecule has 20 heavy (non-hydrogen) atoms. The molecule has 0 aromatic heterocycles. The third-order valence-electron chi connectivity index (χ3n) is 3.36. The highest BCUT2D eigenvalue weighted by molar-refractivity contribution is 5.79. The van der Waals surface area contributed by atoms with Gasteiger partial charge in [-0.15, -0.1) is 0 Å². The molecule has 1 aliphatic rings. The standard InChI is InChI=1S/C15H24N2O.C2H6/c1-4-7-13(5-2)12-15(18)17(6-3)14-8-10-16-11-9-14;1-2/h4-5,7,14,16H,1-2,6,8-12H2,3H3;1-2H3/b13-7+;. The lowest BCUT2D eigenvalue weighted by molar-refractivity contribution is -0.133. The molecule has 0 aliphatic carbocycles. The summed E-state index contributed by atoms with van der Waals surface area (Å²) in [6.07, 6.45) is 7.80. The average Bonchev–Trinajstić information content (AvgIpc) is 2.50. The van der Waals surface area contributed by atoms with Gasteiger partial charge in [0.05, 0.1) is 6.42 Å². The van der Waals surface area contributed by atoms with Gasteiger partial charge >= 0.3 is 0 Å². The predicted molar refractivity (Wildman–Crippen MR) is 87.7 cm³/mol. The number of hydrogen-bond donors (Lipinski definition) is 1. The van der Waals surface area contributed by atoms with Crippen LogP contribution in [0.2, 0.25) is 0 Å². The van der Waals surface area contributed by atoms with E-state index in [0.717, 1.165) is 38.0 Å². The van der Waals surface area contributed by atoms with Crippen LogP contribution in [0.3, 0.4) is 0 Å². The monoisotopic (exact) mass is 278 g/mol. The SMILES string of the molecule is C=C/C=C(\C=C)CC(=O)N(CC)C1CCNCC1.CC. The Morgan fingerprint density at radius 3 is 2.35 bits per heavy atom. The van der Waals surface area contributed by atoms with Crippen LogP contribution in [0.4, 0.5) is 0 Å². The lowest BCUT2D eigenvalue weighted by Crippen LogP contribution is -2.46. The van der Waals surface area contributed by atoms with Crippen molar-refractivity contribution < 1.29 is 4.79 Å². The molecule has 1 rings (SSSR count). The first-order valence-electron chi connectivity index (χ1n) is 7.67. The van der Waals surface area contributed by atoms with E-state index < -0.39 is 0 Å². The van der Waals surface area contributed by atoms with Crippen LogP contribution in [-0.4, -0.2) is 36.5 Å². The maximum absolute atomic E-state index is 12.3. The summed E-state index contributed by atoms with van der Waals surface area (Å²) in [4.78, 5) is 14.3. The van der Waals surface area contributed by atoms with E-state index in [2.05, 4.69) is 18.5 Å². The van der Waals surface area contributed by atoms with Gasteiger partial charge in [-0.1, -0.05) is 45.2 Å². The minimum absolute atomic E-state index is 0.192. The summed E-state index contributed by atoms with van der Waals surface area (Å²) in [5, 5.41) is 3.33. The van der Waals surface area contributed by atoms with E-state index >= 15 is 0 Å². The Kier molecular flexibility index (Phi) is 10.7. The van der Waals surface area contributed by atoms with Gasteiger partial charge in [0, 0.05) is 12.6 Å². The second-order valence-electron chi connectivity index (χ2n) is 4.52. The number of carbonyl (C=O) groups is 1. The zero-order valence-electron chi connectivity index (χ0n) is 13.3. The van der Waals surface area contributed by atoms with Crippen LogP contribution in [0.5, 0.6) is 0 Å². The number of amides is 1. The maximum atomic E-state index is 12.3. The minimum atomic E-state index is 0.192. The van der Waals surface area contributed by atoms with Gasteiger partial charge in [-0.2, -0.15) is 0 Å². The van der Waals surface area contributed by atoms with Crippen molar-refractivity contribution in [3.05, 3.63) is 37.0 Å². The number of rotatable bonds is 6. The van der Waals surface area contributed by atoms with Crippen molar-refractivity contribution in [2.75, 3.05) is 19.6 Å². The average molecular weight is 278 g/mol. The molecule has 3 nitrogen and oxygen atoms in total. The molecule has 1 fully saturated rings. The van der Waals surface area contributed by atoms with Crippen LogP contribution in [0.15, 0.2) is 37.0 Å². The number of nitrogens with zero attached hydrogens (tertiary/aromatic N) is 1. The van der Waals surface area contributed by atoms with E-state index in [9.17, 15) is 4.79 Å². The topological polar surface area (TPSA) is 32.3 Å². The quantitative estimate of drug-likeness (QED) is 0.756. The third-order valence-corrected chi connectivity index (χ3v) is 3.36. The Balaban J connectivity index is 0.00000172. The van der Waals surface area contributed by atoms with Crippen molar-refractivity contribution in [1.29, 1.82) is 0 Å². The molecule has 1 amide bonds. The van der Waals surface area contributed by atoms with Crippen LogP contribution in [0.1, 0.15) is 40.0 Å². The summed E-state index contributed by atoms with van der Waals surface area (Å²) in [6, 6.07) is 0.388. The first kappa shape index (κ1) is 18.7. The summed E-state index contributed by atoms with van der Waals surface area (Å²) in [5.74, 6) is 0.192. The van der Waals surface area contributed by atoms with Gasteiger partial charge in [-0.05, 0) is 38.4 Å². The third kappa shape index (κ3) is 6.20. The first-order chi connectivity index (χ1) is 9.72. The summed E-state index contributed by atoms with van der Waals surface area (Å²) in [7, 11) is 0. The molecule has 114 valence electrons. The van der Waals surface area contributed by atoms with E-state index in [0.29, 0.717) is 12.5 Å². The van der Waals surface area contributed by atoms with Gasteiger partial charge in [-0.25, -0.2) is 0 Å². The summed E-state index contributed by atoms with van der Waals surface area (Å²) < 4.78 is 0. The number of piperidine rings is 1. The van der Waals surface area contributed by atoms with Crippen LogP contribution in [0, 0.1) is 0 Å². The molecule has 0 radical (unpaired) electrons. The highest BCUT2D eigenvalue weighted by Crippen LogP contribution is 2.15. The fraction of sp³-hybridized carbons (Fsp3) is 0.588. The molecule has 0 unspecified atom stereocenters. The molecule has 0 aromatic rings. The van der Waals surface area contributed by atoms with Gasteiger partial charge in [0.25, 0.3) is 0 Å². The van der Waals surface area contributed by atoms with Crippen molar-refractivity contribution in [1.82, 2.24) is 10.2 Å². The van der Waals surface area contributed by atoms with E-state index in [1.165, 1.54) is 0 Å². The second kappa shape index (κ2) is 11.5. The molecule has 1 aliphatic heterocycles. The molecular formula is C17H30N2O. The Morgan fingerprint density at radius 1 is 1.30 bits per heavy atom. The summed E-state index contributed by atoms with van der Waals surface area (Å²) in [5.41, 5.74) is 0.933. The fourth-order valence-electron chi connectivity index (χ4n) is 2.38. The van der Waals surface area contributed by atoms with Crippen molar-refractivity contribution >= 4 is 5.91 Å². The van der Waals surface area contributed by atoms with E-state index in [4.69, 9.17) is 0 Å². The van der Waals surface area contributed by atoms with E-state index in [1.807, 2.05) is 31.7 Å². The molecule has 0 atom stereocenters. The van der Waals surface area contributed by atoms with E-state index in [-0.39, 0.29) is 5.91 Å². The second-order valence-corrected chi connectivity index (χ2v) is 4.52. The molecular weight excluding hydrogens is 248 g/mol. The molecule has 0 spiro atoms.